The molecule has 0 saturated heterocycles. The number of nitrogens with one attached hydrogen (secondary N) is 2. The van der Waals surface area contributed by atoms with Crippen LogP contribution in [0.1, 0.15) is 15.2 Å². The number of carboxylic acids is 1. The summed E-state index contributed by atoms with van der Waals surface area (Å²) in [6.45, 7) is 1.54. The smallest absolute Gasteiger partial charge is 0.347 e. The molecular weight excluding hydrogens is 278 g/mol. The lowest BCUT2D eigenvalue weighted by atomic mass is 10.3. The molecule has 18 heavy (non-hydrogen) atoms. The van der Waals surface area contributed by atoms with Crippen molar-refractivity contribution >= 4 is 33.3 Å². The predicted octanol–water partition coefficient (Wildman–Crippen LogP) is 1.28. The van der Waals surface area contributed by atoms with Gasteiger partial charge in [0.25, 0.3) is 10.0 Å². The van der Waals surface area contributed by atoms with Crippen molar-refractivity contribution in [3.05, 3.63) is 28.2 Å². The Morgan fingerprint density at radius 2 is 2.28 bits per heavy atom. The van der Waals surface area contributed by atoms with E-state index in [1.54, 1.807) is 6.92 Å². The number of imidazole rings is 1. The van der Waals surface area contributed by atoms with Gasteiger partial charge in [-0.1, -0.05) is 0 Å². The van der Waals surface area contributed by atoms with Crippen LogP contribution in [-0.4, -0.2) is 29.5 Å². The van der Waals surface area contributed by atoms with Crippen LogP contribution in [-0.2, 0) is 10.0 Å². The van der Waals surface area contributed by atoms with Crippen molar-refractivity contribution in [2.75, 3.05) is 4.72 Å². The number of nitrogens with zero attached hydrogens (tertiary/aromatic N) is 1. The van der Waals surface area contributed by atoms with Crippen LogP contribution in [0, 0.1) is 6.92 Å². The number of aromatic nitrogens is 2. The summed E-state index contributed by atoms with van der Waals surface area (Å²) in [5.41, 5.74) is 0.386. The first-order valence-electron chi connectivity index (χ1n) is 4.75. The first-order chi connectivity index (χ1) is 8.42. The molecule has 0 aliphatic carbocycles. The van der Waals surface area contributed by atoms with E-state index in [9.17, 15) is 13.2 Å². The van der Waals surface area contributed by atoms with Crippen LogP contribution < -0.4 is 4.72 Å². The fourth-order valence-corrected chi connectivity index (χ4v) is 4.03. The van der Waals surface area contributed by atoms with E-state index in [-0.39, 0.29) is 15.7 Å². The van der Waals surface area contributed by atoms with Gasteiger partial charge in [-0.25, -0.2) is 22.9 Å². The number of aryl methyl sites for hydroxylation is 1. The molecule has 0 atom stereocenters. The van der Waals surface area contributed by atoms with Crippen LogP contribution in [0.3, 0.4) is 0 Å². The van der Waals surface area contributed by atoms with E-state index in [1.807, 2.05) is 0 Å². The van der Waals surface area contributed by atoms with Gasteiger partial charge in [0.2, 0.25) is 5.95 Å². The summed E-state index contributed by atoms with van der Waals surface area (Å²) in [6.07, 6.45) is 2.84. The summed E-state index contributed by atoms with van der Waals surface area (Å²) < 4.78 is 26.3. The molecule has 2 aromatic rings. The molecule has 9 heteroatoms. The molecule has 0 bridgehead atoms. The zero-order valence-corrected chi connectivity index (χ0v) is 10.8. The van der Waals surface area contributed by atoms with E-state index < -0.39 is 16.0 Å². The number of aromatic amines is 1. The lowest BCUT2D eigenvalue weighted by Gasteiger charge is -2.06. The van der Waals surface area contributed by atoms with Crippen molar-refractivity contribution in [3.63, 3.8) is 0 Å². The molecule has 0 aliphatic heterocycles. The summed E-state index contributed by atoms with van der Waals surface area (Å²) in [4.78, 5) is 16.8. The van der Waals surface area contributed by atoms with Crippen molar-refractivity contribution in [1.82, 2.24) is 9.97 Å². The molecule has 2 aromatic heterocycles. The van der Waals surface area contributed by atoms with Gasteiger partial charge in [0.15, 0.2) is 0 Å². The molecule has 0 amide bonds. The first-order valence-corrected chi connectivity index (χ1v) is 7.11. The minimum atomic E-state index is -3.96. The molecule has 0 saturated carbocycles. The average Bonchev–Trinajstić information content (AvgIpc) is 2.86. The van der Waals surface area contributed by atoms with E-state index in [4.69, 9.17) is 5.11 Å². The van der Waals surface area contributed by atoms with E-state index >= 15 is 0 Å². The van der Waals surface area contributed by atoms with E-state index in [0.717, 1.165) is 11.3 Å². The van der Waals surface area contributed by atoms with Crippen molar-refractivity contribution in [1.29, 1.82) is 0 Å². The van der Waals surface area contributed by atoms with Crippen molar-refractivity contribution < 1.29 is 18.3 Å². The highest BCUT2D eigenvalue weighted by molar-refractivity contribution is 7.93. The summed E-state index contributed by atoms with van der Waals surface area (Å²) in [6, 6.07) is 0. The predicted molar refractivity (Wildman–Crippen MR) is 65.4 cm³/mol. The Bertz CT molecular complexity index is 673. The molecular formula is C9H9N3O4S2. The second kappa shape index (κ2) is 4.42. The van der Waals surface area contributed by atoms with Crippen LogP contribution in [0.2, 0.25) is 0 Å². The van der Waals surface area contributed by atoms with E-state index in [2.05, 4.69) is 14.7 Å². The number of rotatable bonds is 4. The third kappa shape index (κ3) is 2.22. The quantitative estimate of drug-likeness (QED) is 0.784. The molecule has 0 radical (unpaired) electrons. The number of carbonyl (C=O) groups is 1. The molecule has 2 heterocycles. The van der Waals surface area contributed by atoms with Gasteiger partial charge in [-0.2, -0.15) is 0 Å². The summed E-state index contributed by atoms with van der Waals surface area (Å²) in [7, 11) is -3.96. The molecule has 7 nitrogen and oxygen atoms in total. The number of carboxylic acid groups (broad SMARTS) is 1. The number of hydrogen-bond donors (Lipinski definition) is 3. The Hall–Kier alpha value is -1.87. The Kier molecular flexibility index (Phi) is 3.09. The Morgan fingerprint density at radius 3 is 2.83 bits per heavy atom. The highest BCUT2D eigenvalue weighted by atomic mass is 32.2. The van der Waals surface area contributed by atoms with Crippen LogP contribution in [0.4, 0.5) is 5.95 Å². The number of anilines is 1. The maximum atomic E-state index is 12.1. The fraction of sp³-hybridized carbons (Fsp3) is 0.111. The van der Waals surface area contributed by atoms with Gasteiger partial charge < -0.3 is 10.1 Å². The van der Waals surface area contributed by atoms with Crippen molar-refractivity contribution in [3.8, 4) is 0 Å². The van der Waals surface area contributed by atoms with Crippen LogP contribution >= 0.6 is 11.3 Å². The molecule has 2 rings (SSSR count). The molecule has 0 aromatic carbocycles. The number of thiophene rings is 1. The minimum Gasteiger partial charge on any atom is -0.477 e. The lowest BCUT2D eigenvalue weighted by molar-refractivity contribution is 0.0698. The largest absolute Gasteiger partial charge is 0.477 e. The number of hydrogen-bond acceptors (Lipinski definition) is 5. The number of H-pyrrole nitrogens is 1. The molecule has 3 N–H and O–H groups in total. The Balaban J connectivity index is 2.47. The van der Waals surface area contributed by atoms with Gasteiger partial charge in [0.05, 0.1) is 0 Å². The summed E-state index contributed by atoms with van der Waals surface area (Å²) >= 11 is 0.874. The molecule has 96 valence electrons. The van der Waals surface area contributed by atoms with Gasteiger partial charge in [-0.15, -0.1) is 11.3 Å². The van der Waals surface area contributed by atoms with Gasteiger partial charge in [0.1, 0.15) is 9.77 Å². The van der Waals surface area contributed by atoms with Crippen LogP contribution in [0.15, 0.2) is 22.7 Å². The first kappa shape index (κ1) is 12.6. The third-order valence-corrected chi connectivity index (χ3v) is 4.85. The second-order valence-corrected chi connectivity index (χ2v) is 5.92. The maximum Gasteiger partial charge on any atom is 0.347 e. The average molecular weight is 287 g/mol. The Morgan fingerprint density at radius 1 is 1.56 bits per heavy atom. The van der Waals surface area contributed by atoms with E-state index in [1.165, 1.54) is 17.8 Å². The monoisotopic (exact) mass is 287 g/mol. The molecule has 0 spiro atoms. The fourth-order valence-electron chi connectivity index (χ4n) is 1.41. The van der Waals surface area contributed by atoms with Crippen molar-refractivity contribution in [2.45, 2.75) is 11.8 Å². The molecule has 0 unspecified atom stereocenters. The van der Waals surface area contributed by atoms with Crippen molar-refractivity contribution in [2.24, 2.45) is 0 Å². The topological polar surface area (TPSA) is 112 Å². The Labute approximate surface area is 107 Å². The van der Waals surface area contributed by atoms with Crippen LogP contribution in [0.5, 0.6) is 0 Å². The zero-order chi connectivity index (χ0) is 13.3. The molecule has 0 aliphatic rings. The number of sulfonamides is 1. The van der Waals surface area contributed by atoms with Gasteiger partial charge in [0, 0.05) is 12.4 Å². The van der Waals surface area contributed by atoms with Gasteiger partial charge >= 0.3 is 5.97 Å². The summed E-state index contributed by atoms with van der Waals surface area (Å²) in [5.74, 6) is -1.23. The van der Waals surface area contributed by atoms with Gasteiger partial charge in [-0.3, -0.25) is 0 Å². The normalized spacial score (nSPS) is 11.4. The summed E-state index contributed by atoms with van der Waals surface area (Å²) in [5, 5.41) is 10.4. The van der Waals surface area contributed by atoms with E-state index in [0.29, 0.717) is 5.56 Å². The third-order valence-electron chi connectivity index (χ3n) is 2.11. The van der Waals surface area contributed by atoms with Gasteiger partial charge in [-0.05, 0) is 17.9 Å². The number of aromatic carboxylic acids is 1. The lowest BCUT2D eigenvalue weighted by Crippen LogP contribution is -2.17. The second-order valence-electron chi connectivity index (χ2n) is 3.43. The van der Waals surface area contributed by atoms with Crippen LogP contribution in [0.25, 0.3) is 0 Å². The maximum absolute atomic E-state index is 12.1. The highest BCUT2D eigenvalue weighted by Gasteiger charge is 2.27. The minimum absolute atomic E-state index is 0.0388. The zero-order valence-electron chi connectivity index (χ0n) is 9.17. The highest BCUT2D eigenvalue weighted by Crippen LogP contribution is 2.27. The SMILES string of the molecule is Cc1csc(C(=O)O)c1S(=O)(=O)Nc1ncc[nH]1. The standard InChI is InChI=1S/C9H9N3O4S2/c1-5-4-17-6(8(13)14)7(5)18(15,16)12-9-10-2-3-11-9/h2-4H,1H3,(H,13,14)(H2,10,11,12). The molecule has 0 fully saturated rings.